The van der Waals surface area contributed by atoms with Gasteiger partial charge in [-0.2, -0.15) is 0 Å². The van der Waals surface area contributed by atoms with E-state index in [-0.39, 0.29) is 5.41 Å². The van der Waals surface area contributed by atoms with Crippen molar-refractivity contribution >= 4 is 17.1 Å². The molecule has 286 valence electrons. The van der Waals surface area contributed by atoms with E-state index in [4.69, 9.17) is 0 Å². The topological polar surface area (TPSA) is 3.24 Å². The summed E-state index contributed by atoms with van der Waals surface area (Å²) in [5.41, 5.74) is 16.8. The summed E-state index contributed by atoms with van der Waals surface area (Å²) in [6.45, 7) is 4.89. The van der Waals surface area contributed by atoms with Gasteiger partial charge in [-0.1, -0.05) is 125 Å². The second kappa shape index (κ2) is 14.1. The van der Waals surface area contributed by atoms with Gasteiger partial charge in [-0.3, -0.25) is 0 Å². The Balaban J connectivity index is 0.961. The zero-order valence-corrected chi connectivity index (χ0v) is 34.0. The third-order valence-corrected chi connectivity index (χ3v) is 16.2. The third kappa shape index (κ3) is 6.01. The Bertz CT molecular complexity index is 2160. The van der Waals surface area contributed by atoms with Gasteiger partial charge in [-0.25, -0.2) is 0 Å². The molecule has 0 aliphatic heterocycles. The highest BCUT2D eigenvalue weighted by Crippen LogP contribution is 2.60. The Hall–Kier alpha value is -4.10. The van der Waals surface area contributed by atoms with Crippen LogP contribution in [0.5, 0.6) is 0 Å². The molecule has 5 aromatic carbocycles. The van der Waals surface area contributed by atoms with Gasteiger partial charge >= 0.3 is 0 Å². The molecule has 0 N–H and O–H groups in total. The van der Waals surface area contributed by atoms with Crippen LogP contribution >= 0.6 is 0 Å². The van der Waals surface area contributed by atoms with Crippen LogP contribution in [0.4, 0.5) is 17.1 Å². The fraction of sp³-hybridized carbons (Fsp3) is 0.455. The standard InChI is InChI=1S/C55H61N/c1-55(2)51-15-9-14-49(42-18-16-40(17-19-42)38-10-5-3-6-11-38)54(51)50-29-28-48(35-52(50)55)56(46-24-20-41(21-25-46)39-12-7-4-8-13-39)47-26-22-43(23-27-47)53-44-31-36-30-37(33-44)34-45(53)32-36/h9,14-29,35-39,44-45,53H,3-8,10-13,30-34H2,1-2H3. The Morgan fingerprint density at radius 2 is 0.982 bits per heavy atom. The van der Waals surface area contributed by atoms with Gasteiger partial charge in [0.15, 0.2) is 0 Å². The van der Waals surface area contributed by atoms with Crippen molar-refractivity contribution in [2.24, 2.45) is 23.7 Å². The zero-order chi connectivity index (χ0) is 37.4. The first-order chi connectivity index (χ1) is 27.5. The van der Waals surface area contributed by atoms with Crippen molar-refractivity contribution in [1.29, 1.82) is 0 Å². The van der Waals surface area contributed by atoms with Crippen molar-refractivity contribution in [3.8, 4) is 22.3 Å². The van der Waals surface area contributed by atoms with Crippen LogP contribution in [0.2, 0.25) is 0 Å². The van der Waals surface area contributed by atoms with Gasteiger partial charge in [0.05, 0.1) is 0 Å². The Morgan fingerprint density at radius 3 is 1.55 bits per heavy atom. The van der Waals surface area contributed by atoms with E-state index in [1.54, 1.807) is 5.56 Å². The van der Waals surface area contributed by atoms with Gasteiger partial charge < -0.3 is 4.90 Å². The molecule has 6 saturated carbocycles. The lowest BCUT2D eigenvalue weighted by Crippen LogP contribution is -2.43. The summed E-state index contributed by atoms with van der Waals surface area (Å²) in [5, 5.41) is 0. The molecule has 0 aromatic heterocycles. The van der Waals surface area contributed by atoms with Crippen molar-refractivity contribution in [1.82, 2.24) is 0 Å². The first kappa shape index (κ1) is 35.1. The number of rotatable bonds is 7. The molecule has 0 saturated heterocycles. The van der Waals surface area contributed by atoms with Crippen LogP contribution in [-0.2, 0) is 5.41 Å². The lowest BCUT2D eigenvalue weighted by Gasteiger charge is -2.54. The van der Waals surface area contributed by atoms with E-state index >= 15 is 0 Å². The van der Waals surface area contributed by atoms with Gasteiger partial charge in [0.2, 0.25) is 0 Å². The molecule has 4 bridgehead atoms. The highest BCUT2D eigenvalue weighted by Gasteiger charge is 2.48. The van der Waals surface area contributed by atoms with Crippen molar-refractivity contribution < 1.29 is 0 Å². The second-order valence-electron chi connectivity index (χ2n) is 19.8. The monoisotopic (exact) mass is 735 g/mol. The lowest BCUT2D eigenvalue weighted by atomic mass is 9.51. The zero-order valence-electron chi connectivity index (χ0n) is 34.0. The average Bonchev–Trinajstić information content (AvgIpc) is 3.47. The minimum Gasteiger partial charge on any atom is -0.310 e. The van der Waals surface area contributed by atoms with Crippen LogP contribution in [0.1, 0.15) is 156 Å². The molecular formula is C55H61N. The van der Waals surface area contributed by atoms with E-state index in [1.165, 1.54) is 158 Å². The second-order valence-corrected chi connectivity index (χ2v) is 19.8. The smallest absolute Gasteiger partial charge is 0.0465 e. The Morgan fingerprint density at radius 1 is 0.464 bits per heavy atom. The van der Waals surface area contributed by atoms with Crippen molar-refractivity contribution in [3.63, 3.8) is 0 Å². The van der Waals surface area contributed by atoms with Gasteiger partial charge in [-0.05, 0) is 186 Å². The molecule has 56 heavy (non-hydrogen) atoms. The number of hydrogen-bond donors (Lipinski definition) is 0. The van der Waals surface area contributed by atoms with Crippen LogP contribution in [0.25, 0.3) is 22.3 Å². The molecule has 1 nitrogen and oxygen atoms in total. The molecule has 7 aliphatic carbocycles. The van der Waals surface area contributed by atoms with E-state index in [9.17, 15) is 0 Å². The highest BCUT2D eigenvalue weighted by atomic mass is 15.1. The SMILES string of the molecule is CC1(C)c2cc(N(c3ccc(C4CCCCC4)cc3)c3ccc(C4C5CC6CC(C5)CC4C6)cc3)ccc2-c2c(-c3ccc(C4CCCCC4)cc3)cccc21. The van der Waals surface area contributed by atoms with E-state index in [0.29, 0.717) is 5.92 Å². The fourth-order valence-corrected chi connectivity index (χ4v) is 13.6. The van der Waals surface area contributed by atoms with Crippen molar-refractivity contribution in [2.45, 2.75) is 133 Å². The van der Waals surface area contributed by atoms with Crippen LogP contribution in [0.3, 0.4) is 0 Å². The molecule has 0 heterocycles. The Labute approximate surface area is 337 Å². The number of anilines is 3. The van der Waals surface area contributed by atoms with E-state index in [1.807, 2.05) is 0 Å². The summed E-state index contributed by atoms with van der Waals surface area (Å²) >= 11 is 0. The largest absolute Gasteiger partial charge is 0.310 e. The number of hydrogen-bond acceptors (Lipinski definition) is 1. The van der Waals surface area contributed by atoms with Gasteiger partial charge in [-0.15, -0.1) is 0 Å². The molecular weight excluding hydrogens is 675 g/mol. The van der Waals surface area contributed by atoms with E-state index in [0.717, 1.165) is 35.5 Å². The third-order valence-electron chi connectivity index (χ3n) is 16.2. The maximum atomic E-state index is 2.55. The summed E-state index contributed by atoms with van der Waals surface area (Å²) in [6, 6.07) is 43.8. The summed E-state index contributed by atoms with van der Waals surface area (Å²) in [4.78, 5) is 2.55. The molecule has 7 aliphatic rings. The van der Waals surface area contributed by atoms with Gasteiger partial charge in [0.1, 0.15) is 0 Å². The summed E-state index contributed by atoms with van der Waals surface area (Å²) in [6.07, 6.45) is 21.1. The molecule has 0 amide bonds. The van der Waals surface area contributed by atoms with Crippen LogP contribution in [0, 0.1) is 23.7 Å². The van der Waals surface area contributed by atoms with Crippen LogP contribution in [-0.4, -0.2) is 0 Å². The van der Waals surface area contributed by atoms with Crippen LogP contribution in [0.15, 0.2) is 109 Å². The average molecular weight is 736 g/mol. The summed E-state index contributed by atoms with van der Waals surface area (Å²) < 4.78 is 0. The van der Waals surface area contributed by atoms with E-state index < -0.39 is 0 Å². The quantitative estimate of drug-likeness (QED) is 0.161. The number of benzene rings is 5. The maximum absolute atomic E-state index is 2.55. The Kier molecular flexibility index (Phi) is 8.82. The molecule has 0 radical (unpaired) electrons. The van der Waals surface area contributed by atoms with Crippen LogP contribution < -0.4 is 4.90 Å². The summed E-state index contributed by atoms with van der Waals surface area (Å²) in [5.74, 6) is 6.04. The molecule has 0 atom stereocenters. The van der Waals surface area contributed by atoms with Gasteiger partial charge in [0, 0.05) is 22.5 Å². The van der Waals surface area contributed by atoms with E-state index in [2.05, 4.69) is 128 Å². The van der Waals surface area contributed by atoms with Crippen molar-refractivity contribution in [3.05, 3.63) is 137 Å². The number of fused-ring (bicyclic) bond motifs is 3. The maximum Gasteiger partial charge on any atom is 0.0465 e. The molecule has 5 aromatic rings. The summed E-state index contributed by atoms with van der Waals surface area (Å²) in [7, 11) is 0. The molecule has 12 rings (SSSR count). The fourth-order valence-electron chi connectivity index (χ4n) is 13.6. The molecule has 6 fully saturated rings. The van der Waals surface area contributed by atoms with Crippen molar-refractivity contribution in [2.75, 3.05) is 4.90 Å². The minimum atomic E-state index is -0.0986. The number of nitrogens with zero attached hydrogens (tertiary/aromatic N) is 1. The highest BCUT2D eigenvalue weighted by molar-refractivity contribution is 5.94. The minimum absolute atomic E-state index is 0.0986. The first-order valence-electron chi connectivity index (χ1n) is 22.9. The van der Waals surface area contributed by atoms with Gasteiger partial charge in [0.25, 0.3) is 0 Å². The molecule has 0 unspecified atom stereocenters. The first-order valence-corrected chi connectivity index (χ1v) is 22.9. The normalized spacial score (nSPS) is 26.6. The molecule has 0 spiro atoms. The lowest BCUT2D eigenvalue weighted by molar-refractivity contribution is -0.00277. The molecule has 1 heteroatoms. The predicted molar refractivity (Wildman–Crippen MR) is 236 cm³/mol. The predicted octanol–water partition coefficient (Wildman–Crippen LogP) is 15.8.